The zero-order chi connectivity index (χ0) is 20.3. The molecule has 0 aliphatic carbocycles. The van der Waals surface area contributed by atoms with Gasteiger partial charge in [0.25, 0.3) is 0 Å². The first-order valence-corrected chi connectivity index (χ1v) is 8.52. The number of ether oxygens (including phenoxy) is 1. The first-order chi connectivity index (χ1) is 13.4. The summed E-state index contributed by atoms with van der Waals surface area (Å²) in [5.41, 5.74) is 1.62. The molecule has 0 saturated heterocycles. The van der Waals surface area contributed by atoms with Crippen LogP contribution in [0.4, 0.5) is 11.4 Å². The van der Waals surface area contributed by atoms with Crippen LogP contribution in [0.5, 0.6) is 11.6 Å². The third-order valence-electron chi connectivity index (χ3n) is 4.12. The van der Waals surface area contributed by atoms with Crippen molar-refractivity contribution < 1.29 is 19.6 Å². The summed E-state index contributed by atoms with van der Waals surface area (Å²) in [4.78, 5) is 25.1. The molecule has 2 N–H and O–H groups in total. The van der Waals surface area contributed by atoms with Crippen molar-refractivity contribution in [2.24, 2.45) is 10.2 Å². The van der Waals surface area contributed by atoms with Crippen LogP contribution in [-0.4, -0.2) is 27.5 Å². The molecule has 1 heterocycles. The van der Waals surface area contributed by atoms with Gasteiger partial charge in [-0.15, -0.1) is 10.2 Å². The van der Waals surface area contributed by atoms with E-state index in [0.717, 1.165) is 5.56 Å². The predicted octanol–water partition coefficient (Wildman–Crippen LogP) is 4.59. The minimum atomic E-state index is -0.744. The van der Waals surface area contributed by atoms with Crippen LogP contribution in [0.2, 0.25) is 0 Å². The van der Waals surface area contributed by atoms with Crippen molar-refractivity contribution in [1.82, 2.24) is 4.98 Å². The average Bonchev–Trinajstić information content (AvgIpc) is 2.99. The molecule has 3 rings (SSSR count). The van der Waals surface area contributed by atoms with E-state index < -0.39 is 17.4 Å². The Morgan fingerprint density at radius 1 is 1.29 bits per heavy atom. The van der Waals surface area contributed by atoms with Crippen molar-refractivity contribution in [3.05, 3.63) is 58.1 Å². The lowest BCUT2D eigenvalue weighted by atomic mass is 10.0. The lowest BCUT2D eigenvalue weighted by Crippen LogP contribution is -2.09. The minimum absolute atomic E-state index is 0.0347. The Hall–Kier alpha value is -3.75. The van der Waals surface area contributed by atoms with Crippen LogP contribution in [0, 0.1) is 10.1 Å². The Morgan fingerprint density at radius 3 is 2.75 bits per heavy atom. The lowest BCUT2D eigenvalue weighted by Gasteiger charge is -2.04. The van der Waals surface area contributed by atoms with E-state index in [2.05, 4.69) is 15.2 Å². The first-order valence-electron chi connectivity index (χ1n) is 8.52. The molecule has 144 valence electrons. The van der Waals surface area contributed by atoms with Crippen molar-refractivity contribution in [3.8, 4) is 11.6 Å². The molecule has 0 saturated carbocycles. The Kier molecular flexibility index (Phi) is 5.35. The highest BCUT2D eigenvalue weighted by molar-refractivity contribution is 5.95. The maximum atomic E-state index is 12.0. The van der Waals surface area contributed by atoms with Gasteiger partial charge in [-0.25, -0.2) is 0 Å². The Bertz CT molecular complexity index is 1070. The van der Waals surface area contributed by atoms with Gasteiger partial charge in [0, 0.05) is 11.5 Å². The molecule has 1 aromatic heterocycles. The van der Waals surface area contributed by atoms with Crippen LogP contribution < -0.4 is 4.74 Å². The smallest absolute Gasteiger partial charge is 0.310 e. The van der Waals surface area contributed by atoms with Gasteiger partial charge in [0.05, 0.1) is 10.4 Å². The molecule has 0 atom stereocenters. The second-order valence-corrected chi connectivity index (χ2v) is 6.39. The van der Waals surface area contributed by atoms with Crippen LogP contribution in [-0.2, 0) is 4.79 Å². The zero-order valence-electron chi connectivity index (χ0n) is 15.2. The van der Waals surface area contributed by atoms with Gasteiger partial charge in [-0.1, -0.05) is 32.0 Å². The van der Waals surface area contributed by atoms with E-state index >= 15 is 0 Å². The zero-order valence-corrected chi connectivity index (χ0v) is 15.2. The standard InChI is InChI=1S/C19H18N4O5/c1-11(2)12-7-8-14-13(9-12)18(19(25)20-14)22-21-17(24)10-28-16-6-4-3-5-15(16)23(26)27/h3-9,11,20,25H,10H2,1-2H3. The normalized spacial score (nSPS) is 11.4. The van der Waals surface area contributed by atoms with Crippen LogP contribution in [0.1, 0.15) is 25.3 Å². The molecule has 0 aliphatic rings. The monoisotopic (exact) mass is 382 g/mol. The van der Waals surface area contributed by atoms with Crippen molar-refractivity contribution >= 4 is 28.2 Å². The van der Waals surface area contributed by atoms with E-state index in [1.54, 1.807) is 6.07 Å². The molecular weight excluding hydrogens is 364 g/mol. The van der Waals surface area contributed by atoms with Gasteiger partial charge in [0.1, 0.15) is 0 Å². The second kappa shape index (κ2) is 7.87. The highest BCUT2D eigenvalue weighted by Gasteiger charge is 2.16. The van der Waals surface area contributed by atoms with E-state index in [0.29, 0.717) is 10.9 Å². The second-order valence-electron chi connectivity index (χ2n) is 6.39. The van der Waals surface area contributed by atoms with Gasteiger partial charge in [-0.05, 0) is 29.7 Å². The number of para-hydroxylation sites is 2. The summed E-state index contributed by atoms with van der Waals surface area (Å²) in [6, 6.07) is 11.4. The maximum absolute atomic E-state index is 12.0. The van der Waals surface area contributed by atoms with Crippen LogP contribution in [0.15, 0.2) is 52.7 Å². The molecule has 0 aliphatic heterocycles. The summed E-state index contributed by atoms with van der Waals surface area (Å²) >= 11 is 0. The number of nitro groups is 1. The Labute approximate surface area is 159 Å². The van der Waals surface area contributed by atoms with E-state index in [1.165, 1.54) is 18.2 Å². The van der Waals surface area contributed by atoms with Gasteiger partial charge < -0.3 is 14.8 Å². The molecule has 2 aromatic carbocycles. The molecule has 3 aromatic rings. The van der Waals surface area contributed by atoms with Gasteiger partial charge in [0.2, 0.25) is 5.88 Å². The van der Waals surface area contributed by atoms with Crippen molar-refractivity contribution in [2.45, 2.75) is 19.8 Å². The molecular formula is C19H18N4O5. The molecule has 1 amide bonds. The number of nitrogens with zero attached hydrogens (tertiary/aromatic N) is 3. The molecule has 9 heteroatoms. The molecule has 0 spiro atoms. The predicted molar refractivity (Wildman–Crippen MR) is 102 cm³/mol. The van der Waals surface area contributed by atoms with Crippen molar-refractivity contribution in [2.75, 3.05) is 6.61 Å². The Morgan fingerprint density at radius 2 is 2.04 bits per heavy atom. The number of nitro benzene ring substituents is 1. The fourth-order valence-electron chi connectivity index (χ4n) is 2.65. The third kappa shape index (κ3) is 3.98. The number of rotatable bonds is 6. The molecule has 0 bridgehead atoms. The highest BCUT2D eigenvalue weighted by Crippen LogP contribution is 2.37. The first kappa shape index (κ1) is 19.0. The lowest BCUT2D eigenvalue weighted by molar-refractivity contribution is -0.385. The summed E-state index contributed by atoms with van der Waals surface area (Å²) in [6.07, 6.45) is 0. The number of aromatic amines is 1. The molecule has 0 unspecified atom stereocenters. The number of aromatic nitrogens is 1. The van der Waals surface area contributed by atoms with Crippen molar-refractivity contribution in [1.29, 1.82) is 0 Å². The summed E-state index contributed by atoms with van der Waals surface area (Å²) < 4.78 is 5.18. The molecule has 28 heavy (non-hydrogen) atoms. The largest absolute Gasteiger partial charge is 0.493 e. The number of azo groups is 1. The minimum Gasteiger partial charge on any atom is -0.493 e. The topological polar surface area (TPSA) is 130 Å². The molecule has 0 fully saturated rings. The highest BCUT2D eigenvalue weighted by atomic mass is 16.6. The quantitative estimate of drug-likeness (QED) is 0.366. The van der Waals surface area contributed by atoms with E-state index in [9.17, 15) is 20.0 Å². The fourth-order valence-corrected chi connectivity index (χ4v) is 2.65. The molecule has 0 radical (unpaired) electrons. The maximum Gasteiger partial charge on any atom is 0.310 e. The van der Waals surface area contributed by atoms with Crippen molar-refractivity contribution in [3.63, 3.8) is 0 Å². The number of amides is 1. The third-order valence-corrected chi connectivity index (χ3v) is 4.12. The Balaban J connectivity index is 1.77. The number of carbonyl (C=O) groups is 1. The number of benzene rings is 2. The number of hydrogen-bond donors (Lipinski definition) is 2. The van der Waals surface area contributed by atoms with Gasteiger partial charge in [-0.2, -0.15) is 0 Å². The number of hydrogen-bond acceptors (Lipinski definition) is 6. The van der Waals surface area contributed by atoms with Crippen LogP contribution >= 0.6 is 0 Å². The SMILES string of the molecule is CC(C)c1ccc2[nH]c(O)c(N=NC(=O)COc3ccccc3[N+](=O)[O-])c2c1. The van der Waals surface area contributed by atoms with E-state index in [1.807, 2.05) is 32.0 Å². The fraction of sp³-hybridized carbons (Fsp3) is 0.211. The number of fused-ring (bicyclic) bond motifs is 1. The average molecular weight is 382 g/mol. The summed E-state index contributed by atoms with van der Waals surface area (Å²) in [5.74, 6) is -0.700. The number of aromatic hydroxyl groups is 1. The van der Waals surface area contributed by atoms with Crippen LogP contribution in [0.3, 0.4) is 0 Å². The van der Waals surface area contributed by atoms with Gasteiger partial charge >= 0.3 is 11.6 Å². The van der Waals surface area contributed by atoms with Crippen LogP contribution in [0.25, 0.3) is 10.9 Å². The number of H-pyrrole nitrogens is 1. The summed E-state index contributed by atoms with van der Waals surface area (Å²) in [5, 5.41) is 29.0. The van der Waals surface area contributed by atoms with Gasteiger partial charge in [0.15, 0.2) is 18.0 Å². The summed E-state index contributed by atoms with van der Waals surface area (Å²) in [6.45, 7) is 3.56. The number of carbonyl (C=O) groups excluding carboxylic acids is 1. The van der Waals surface area contributed by atoms with E-state index in [4.69, 9.17) is 4.74 Å². The van der Waals surface area contributed by atoms with Gasteiger partial charge in [-0.3, -0.25) is 14.9 Å². The summed E-state index contributed by atoms with van der Waals surface area (Å²) in [7, 11) is 0. The molecule has 9 nitrogen and oxygen atoms in total. The number of nitrogens with one attached hydrogen (secondary N) is 1. The van der Waals surface area contributed by atoms with E-state index in [-0.39, 0.29) is 28.9 Å².